The smallest absolute Gasteiger partial charge is 0.160 e. The van der Waals surface area contributed by atoms with Gasteiger partial charge in [-0.1, -0.05) is 62.1 Å². The zero-order valence-corrected chi connectivity index (χ0v) is 20.8. The molecule has 3 fully saturated rings. The highest BCUT2D eigenvalue weighted by Gasteiger charge is 2.35. The van der Waals surface area contributed by atoms with Gasteiger partial charge in [0.15, 0.2) is 6.29 Å². The van der Waals surface area contributed by atoms with Crippen LogP contribution in [0, 0.1) is 29.6 Å². The van der Waals surface area contributed by atoms with Crippen LogP contribution in [0.4, 0.5) is 0 Å². The molecule has 4 rings (SSSR count). The van der Waals surface area contributed by atoms with Crippen molar-refractivity contribution < 1.29 is 9.47 Å². The SMILES string of the molecule is CCC/C=C/[C@H]1CO[C@H]([C@H]2CC[C@H]([C@H]3CC[C@H](CCc4ccc(Cl)cc4)CC3)CC2)OC1. The summed E-state index contributed by atoms with van der Waals surface area (Å²) in [6, 6.07) is 8.43. The van der Waals surface area contributed by atoms with Crippen molar-refractivity contribution >= 4 is 11.6 Å². The second-order valence-corrected chi connectivity index (χ2v) is 11.1. The monoisotopic (exact) mass is 458 g/mol. The number of benzene rings is 1. The molecule has 1 heterocycles. The van der Waals surface area contributed by atoms with Crippen molar-refractivity contribution in [1.29, 1.82) is 0 Å². The molecule has 2 aliphatic carbocycles. The van der Waals surface area contributed by atoms with E-state index in [0.717, 1.165) is 42.4 Å². The molecular formula is C29H43ClO2. The fourth-order valence-electron chi connectivity index (χ4n) is 6.23. The summed E-state index contributed by atoms with van der Waals surface area (Å²) >= 11 is 6.01. The van der Waals surface area contributed by atoms with Crippen LogP contribution in [0.15, 0.2) is 36.4 Å². The van der Waals surface area contributed by atoms with Gasteiger partial charge in [-0.15, -0.1) is 0 Å². The van der Waals surface area contributed by atoms with E-state index in [0.29, 0.717) is 11.8 Å². The predicted octanol–water partition coefficient (Wildman–Crippen LogP) is 8.23. The highest BCUT2D eigenvalue weighted by atomic mass is 35.5. The standard InChI is InChI=1S/C29H43ClO2/c1-2-3-4-5-24-20-31-29(32-21-24)27-16-14-26(15-17-27)25-12-8-22(9-13-25)6-7-23-10-18-28(30)19-11-23/h4-5,10-11,18-19,22,24-27,29H,2-3,6-9,12-17,20-21H2,1H3/b5-4+/t22-,24-,25-,26-,27-,29-. The van der Waals surface area contributed by atoms with Gasteiger partial charge in [0, 0.05) is 16.9 Å². The zero-order chi connectivity index (χ0) is 22.2. The molecule has 2 saturated carbocycles. The van der Waals surface area contributed by atoms with Crippen LogP contribution in [-0.2, 0) is 15.9 Å². The molecule has 2 nitrogen and oxygen atoms in total. The van der Waals surface area contributed by atoms with E-state index in [9.17, 15) is 0 Å². The number of hydrogen-bond acceptors (Lipinski definition) is 2. The van der Waals surface area contributed by atoms with E-state index in [4.69, 9.17) is 21.1 Å². The molecule has 0 radical (unpaired) electrons. The van der Waals surface area contributed by atoms with Crippen LogP contribution in [0.2, 0.25) is 5.02 Å². The summed E-state index contributed by atoms with van der Waals surface area (Å²) in [5.41, 5.74) is 1.44. The normalized spacial score (nSPS) is 34.1. The fraction of sp³-hybridized carbons (Fsp3) is 0.724. The molecule has 0 unspecified atom stereocenters. The third-order valence-corrected chi connectivity index (χ3v) is 8.58. The molecule has 3 heteroatoms. The first kappa shape index (κ1) is 24.3. The van der Waals surface area contributed by atoms with Crippen LogP contribution in [0.3, 0.4) is 0 Å². The Kier molecular flexibility index (Phi) is 9.55. The molecule has 1 saturated heterocycles. The Morgan fingerprint density at radius 2 is 1.44 bits per heavy atom. The summed E-state index contributed by atoms with van der Waals surface area (Å²) in [5.74, 6) is 3.88. The van der Waals surface area contributed by atoms with Gasteiger partial charge in [-0.05, 0) is 93.2 Å². The number of allylic oxidation sites excluding steroid dienone is 1. The summed E-state index contributed by atoms with van der Waals surface area (Å²) in [6.45, 7) is 3.90. The van der Waals surface area contributed by atoms with Crippen LogP contribution < -0.4 is 0 Å². The molecule has 1 aromatic carbocycles. The molecule has 0 N–H and O–H groups in total. The van der Waals surface area contributed by atoms with Crippen molar-refractivity contribution in [3.63, 3.8) is 0 Å². The van der Waals surface area contributed by atoms with Crippen molar-refractivity contribution in [2.75, 3.05) is 13.2 Å². The van der Waals surface area contributed by atoms with Crippen LogP contribution in [-0.4, -0.2) is 19.5 Å². The summed E-state index contributed by atoms with van der Waals surface area (Å²) in [6.07, 6.45) is 20.7. The first-order valence-corrected chi connectivity index (χ1v) is 13.7. The maximum atomic E-state index is 6.14. The molecule has 0 aromatic heterocycles. The average Bonchev–Trinajstić information content (AvgIpc) is 2.85. The van der Waals surface area contributed by atoms with Gasteiger partial charge in [-0.3, -0.25) is 0 Å². The molecular weight excluding hydrogens is 416 g/mol. The first-order valence-electron chi connectivity index (χ1n) is 13.4. The lowest BCUT2D eigenvalue weighted by atomic mass is 9.68. The quantitative estimate of drug-likeness (QED) is 0.365. The van der Waals surface area contributed by atoms with Gasteiger partial charge < -0.3 is 9.47 Å². The Hall–Kier alpha value is -0.830. The number of rotatable bonds is 8. The van der Waals surface area contributed by atoms with E-state index >= 15 is 0 Å². The number of unbranched alkanes of at least 4 members (excludes halogenated alkanes) is 1. The Labute approximate surface area is 201 Å². The summed E-state index contributed by atoms with van der Waals surface area (Å²) in [7, 11) is 0. The summed E-state index contributed by atoms with van der Waals surface area (Å²) < 4.78 is 12.3. The largest absolute Gasteiger partial charge is 0.352 e. The van der Waals surface area contributed by atoms with Crippen molar-refractivity contribution in [2.45, 2.75) is 90.3 Å². The molecule has 0 amide bonds. The van der Waals surface area contributed by atoms with E-state index in [1.165, 1.54) is 76.2 Å². The van der Waals surface area contributed by atoms with E-state index < -0.39 is 0 Å². The molecule has 3 aliphatic rings. The molecule has 32 heavy (non-hydrogen) atoms. The van der Waals surface area contributed by atoms with E-state index in [-0.39, 0.29) is 6.29 Å². The third-order valence-electron chi connectivity index (χ3n) is 8.33. The van der Waals surface area contributed by atoms with Crippen molar-refractivity contribution in [3.8, 4) is 0 Å². The molecule has 1 aliphatic heterocycles. The number of hydrogen-bond donors (Lipinski definition) is 0. The Morgan fingerprint density at radius 3 is 2.06 bits per heavy atom. The Bertz CT molecular complexity index is 676. The van der Waals surface area contributed by atoms with Crippen LogP contribution in [0.5, 0.6) is 0 Å². The van der Waals surface area contributed by atoms with Gasteiger partial charge in [0.25, 0.3) is 0 Å². The first-order chi connectivity index (χ1) is 15.7. The molecule has 0 spiro atoms. The number of halogens is 1. The third kappa shape index (κ3) is 7.08. The minimum atomic E-state index is 0.0513. The van der Waals surface area contributed by atoms with Gasteiger partial charge in [0.1, 0.15) is 0 Å². The minimum Gasteiger partial charge on any atom is -0.352 e. The van der Waals surface area contributed by atoms with E-state index in [1.54, 1.807) is 0 Å². The maximum absolute atomic E-state index is 6.14. The molecule has 0 bridgehead atoms. The topological polar surface area (TPSA) is 18.5 Å². The van der Waals surface area contributed by atoms with Gasteiger partial charge in [0.05, 0.1) is 13.2 Å². The van der Waals surface area contributed by atoms with Crippen LogP contribution in [0.1, 0.15) is 83.1 Å². The van der Waals surface area contributed by atoms with Crippen LogP contribution >= 0.6 is 11.6 Å². The number of ether oxygens (including phenoxy) is 2. The van der Waals surface area contributed by atoms with Crippen LogP contribution in [0.25, 0.3) is 0 Å². The highest BCUT2D eigenvalue weighted by Crippen LogP contribution is 2.43. The lowest BCUT2D eigenvalue weighted by molar-refractivity contribution is -0.223. The molecule has 1 aromatic rings. The van der Waals surface area contributed by atoms with Crippen molar-refractivity contribution in [2.24, 2.45) is 29.6 Å². The number of aryl methyl sites for hydroxylation is 1. The summed E-state index contributed by atoms with van der Waals surface area (Å²) in [4.78, 5) is 0. The Morgan fingerprint density at radius 1 is 0.844 bits per heavy atom. The lowest BCUT2D eigenvalue weighted by Crippen LogP contribution is -2.38. The van der Waals surface area contributed by atoms with E-state index in [1.807, 2.05) is 12.1 Å². The molecule has 178 valence electrons. The predicted molar refractivity (Wildman–Crippen MR) is 134 cm³/mol. The van der Waals surface area contributed by atoms with Crippen molar-refractivity contribution in [3.05, 3.63) is 47.0 Å². The van der Waals surface area contributed by atoms with Gasteiger partial charge in [0.2, 0.25) is 0 Å². The average molecular weight is 459 g/mol. The van der Waals surface area contributed by atoms with Gasteiger partial charge in [-0.25, -0.2) is 0 Å². The molecule has 0 atom stereocenters. The zero-order valence-electron chi connectivity index (χ0n) is 20.0. The maximum Gasteiger partial charge on any atom is 0.160 e. The van der Waals surface area contributed by atoms with E-state index in [2.05, 4.69) is 31.2 Å². The second kappa shape index (κ2) is 12.6. The highest BCUT2D eigenvalue weighted by molar-refractivity contribution is 6.30. The summed E-state index contributed by atoms with van der Waals surface area (Å²) in [5, 5.41) is 0.842. The van der Waals surface area contributed by atoms with Crippen molar-refractivity contribution in [1.82, 2.24) is 0 Å². The fourth-order valence-corrected chi connectivity index (χ4v) is 6.36. The minimum absolute atomic E-state index is 0.0513. The Balaban J connectivity index is 1.12. The second-order valence-electron chi connectivity index (χ2n) is 10.6. The van der Waals surface area contributed by atoms with Gasteiger partial charge in [-0.2, -0.15) is 0 Å². The van der Waals surface area contributed by atoms with Gasteiger partial charge >= 0.3 is 0 Å². The lowest BCUT2D eigenvalue weighted by Gasteiger charge is -2.40.